The van der Waals surface area contributed by atoms with Crippen molar-refractivity contribution in [2.45, 2.75) is 37.6 Å². The number of nitrogens with one attached hydrogen (secondary N) is 2. The third kappa shape index (κ3) is 6.16. The summed E-state index contributed by atoms with van der Waals surface area (Å²) in [4.78, 5) is 10.6. The maximum absolute atomic E-state index is 12.0. The maximum Gasteiger partial charge on any atom is 0.321 e. The lowest BCUT2D eigenvalue weighted by Gasteiger charge is -2.11. The number of hydrogen-bond acceptors (Lipinski definition) is 5. The first-order valence-electron chi connectivity index (χ1n) is 6.93. The molecule has 0 aliphatic heterocycles. The van der Waals surface area contributed by atoms with Crippen molar-refractivity contribution in [2.75, 3.05) is 10.5 Å². The molecule has 0 fully saturated rings. The molecule has 0 heterocycles. The van der Waals surface area contributed by atoms with Crippen LogP contribution in [0.4, 0.5) is 5.69 Å². The monoisotopic (exact) mass is 364 g/mol. The second-order valence-electron chi connectivity index (χ2n) is 4.98. The summed E-state index contributed by atoms with van der Waals surface area (Å²) < 4.78 is 51.8. The molecule has 0 aromatic heterocycles. The first kappa shape index (κ1) is 19.4. The van der Waals surface area contributed by atoms with Gasteiger partial charge in [0.2, 0.25) is 20.0 Å². The topological polar surface area (TPSA) is 130 Å². The van der Waals surface area contributed by atoms with E-state index >= 15 is 0 Å². The predicted octanol–water partition coefficient (Wildman–Crippen LogP) is 0.980. The Morgan fingerprint density at radius 2 is 1.74 bits per heavy atom. The lowest BCUT2D eigenvalue weighted by Crippen LogP contribution is -2.38. The standard InChI is InChI=1S/C13H20N2O6S2/c1-3-4-9-22(18,19)15-11-5-7-12(8-6-11)23(20,21)14-10(2)13(16)17/h5-8,10,14-15H,3-4,9H2,1-2H3,(H,16,17)/t10-/m1/s1. The van der Waals surface area contributed by atoms with Crippen LogP contribution in [-0.4, -0.2) is 39.7 Å². The molecule has 1 atom stereocenters. The van der Waals surface area contributed by atoms with Gasteiger partial charge in [0, 0.05) is 5.69 Å². The Morgan fingerprint density at radius 1 is 1.17 bits per heavy atom. The van der Waals surface area contributed by atoms with Crippen molar-refractivity contribution in [3.05, 3.63) is 24.3 Å². The van der Waals surface area contributed by atoms with E-state index in [9.17, 15) is 21.6 Å². The fraction of sp³-hybridized carbons (Fsp3) is 0.462. The van der Waals surface area contributed by atoms with Gasteiger partial charge in [-0.3, -0.25) is 9.52 Å². The van der Waals surface area contributed by atoms with Crippen molar-refractivity contribution in [2.24, 2.45) is 0 Å². The highest BCUT2D eigenvalue weighted by atomic mass is 32.2. The summed E-state index contributed by atoms with van der Waals surface area (Å²) >= 11 is 0. The molecule has 0 amide bonds. The third-order valence-corrected chi connectivity index (χ3v) is 5.84. The zero-order chi connectivity index (χ0) is 17.7. The molecule has 0 bridgehead atoms. The molecule has 0 saturated carbocycles. The molecule has 1 aromatic rings. The van der Waals surface area contributed by atoms with Gasteiger partial charge in [-0.05, 0) is 37.6 Å². The highest BCUT2D eigenvalue weighted by molar-refractivity contribution is 7.92. The van der Waals surface area contributed by atoms with E-state index in [4.69, 9.17) is 5.11 Å². The van der Waals surface area contributed by atoms with Crippen LogP contribution in [0.5, 0.6) is 0 Å². The summed E-state index contributed by atoms with van der Waals surface area (Å²) in [7, 11) is -7.46. The largest absolute Gasteiger partial charge is 0.480 e. The zero-order valence-corrected chi connectivity index (χ0v) is 14.4. The first-order chi connectivity index (χ1) is 10.6. The van der Waals surface area contributed by atoms with Crippen molar-refractivity contribution >= 4 is 31.7 Å². The molecule has 0 radical (unpaired) electrons. The van der Waals surface area contributed by atoms with Crippen molar-refractivity contribution in [1.29, 1.82) is 0 Å². The van der Waals surface area contributed by atoms with Gasteiger partial charge in [0.05, 0.1) is 10.6 Å². The minimum absolute atomic E-state index is 0.0127. The normalized spacial score (nSPS) is 13.5. The Bertz CT molecular complexity index is 741. The van der Waals surface area contributed by atoms with Gasteiger partial charge in [0.1, 0.15) is 6.04 Å². The summed E-state index contributed by atoms with van der Waals surface area (Å²) in [6.07, 6.45) is 1.27. The van der Waals surface area contributed by atoms with Crippen molar-refractivity contribution in [3.8, 4) is 0 Å². The van der Waals surface area contributed by atoms with Gasteiger partial charge in [-0.2, -0.15) is 4.72 Å². The Labute approximate surface area is 136 Å². The van der Waals surface area contributed by atoms with Crippen LogP contribution in [0.2, 0.25) is 0 Å². The quantitative estimate of drug-likeness (QED) is 0.599. The summed E-state index contributed by atoms with van der Waals surface area (Å²) in [6, 6.07) is 3.75. The van der Waals surface area contributed by atoms with Crippen LogP contribution < -0.4 is 9.44 Å². The van der Waals surface area contributed by atoms with Gasteiger partial charge < -0.3 is 5.11 Å². The molecule has 0 aliphatic rings. The highest BCUT2D eigenvalue weighted by Gasteiger charge is 2.21. The third-order valence-electron chi connectivity index (χ3n) is 2.91. The Morgan fingerprint density at radius 3 is 2.22 bits per heavy atom. The Kier molecular flexibility index (Phi) is 6.54. The minimum atomic E-state index is -3.99. The molecule has 3 N–H and O–H groups in total. The maximum atomic E-state index is 12.0. The molecule has 0 saturated heterocycles. The van der Waals surface area contributed by atoms with Gasteiger partial charge in [-0.15, -0.1) is 0 Å². The SMILES string of the molecule is CCCCS(=O)(=O)Nc1ccc(S(=O)(=O)N[C@H](C)C(=O)O)cc1. The van der Waals surface area contributed by atoms with Gasteiger partial charge in [-0.25, -0.2) is 16.8 Å². The average Bonchev–Trinajstić information content (AvgIpc) is 2.44. The van der Waals surface area contributed by atoms with E-state index < -0.39 is 32.1 Å². The van der Waals surface area contributed by atoms with Crippen LogP contribution in [0.3, 0.4) is 0 Å². The minimum Gasteiger partial charge on any atom is -0.480 e. The average molecular weight is 364 g/mol. The fourth-order valence-electron chi connectivity index (χ4n) is 1.62. The van der Waals surface area contributed by atoms with Crippen molar-refractivity contribution in [1.82, 2.24) is 4.72 Å². The summed E-state index contributed by atoms with van der Waals surface area (Å²) in [5.41, 5.74) is 0.242. The van der Waals surface area contributed by atoms with Crippen LogP contribution in [-0.2, 0) is 24.8 Å². The van der Waals surface area contributed by atoms with Crippen LogP contribution in [0.1, 0.15) is 26.7 Å². The molecule has 0 aliphatic carbocycles. The van der Waals surface area contributed by atoms with E-state index in [0.717, 1.165) is 6.42 Å². The lowest BCUT2D eigenvalue weighted by atomic mass is 10.3. The van der Waals surface area contributed by atoms with E-state index in [1.54, 1.807) is 0 Å². The second-order valence-corrected chi connectivity index (χ2v) is 8.54. The number of aliphatic carboxylic acids is 1. The van der Waals surface area contributed by atoms with Crippen LogP contribution in [0.15, 0.2) is 29.2 Å². The van der Waals surface area contributed by atoms with Crippen LogP contribution in [0, 0.1) is 0 Å². The number of benzene rings is 1. The van der Waals surface area contributed by atoms with E-state index in [-0.39, 0.29) is 16.3 Å². The smallest absolute Gasteiger partial charge is 0.321 e. The van der Waals surface area contributed by atoms with Crippen LogP contribution >= 0.6 is 0 Å². The number of carbonyl (C=O) groups is 1. The van der Waals surface area contributed by atoms with Crippen molar-refractivity contribution in [3.63, 3.8) is 0 Å². The molecule has 23 heavy (non-hydrogen) atoms. The highest BCUT2D eigenvalue weighted by Crippen LogP contribution is 2.16. The summed E-state index contributed by atoms with van der Waals surface area (Å²) in [5.74, 6) is -1.31. The van der Waals surface area contributed by atoms with Gasteiger partial charge in [0.15, 0.2) is 0 Å². The van der Waals surface area contributed by atoms with Gasteiger partial charge in [0.25, 0.3) is 0 Å². The number of rotatable bonds is 9. The van der Waals surface area contributed by atoms with E-state index in [2.05, 4.69) is 4.72 Å². The second kappa shape index (κ2) is 7.75. The molecule has 130 valence electrons. The number of unbranched alkanes of at least 4 members (excludes halogenated alkanes) is 1. The zero-order valence-electron chi connectivity index (χ0n) is 12.8. The molecule has 0 unspecified atom stereocenters. The first-order valence-corrected chi connectivity index (χ1v) is 10.1. The predicted molar refractivity (Wildman–Crippen MR) is 86.2 cm³/mol. The molecular weight excluding hydrogens is 344 g/mol. The van der Waals surface area contributed by atoms with E-state index in [1.165, 1.54) is 31.2 Å². The molecule has 0 spiro atoms. The number of carboxylic acids is 1. The van der Waals surface area contributed by atoms with Crippen molar-refractivity contribution < 1.29 is 26.7 Å². The summed E-state index contributed by atoms with van der Waals surface area (Å²) in [5, 5.41) is 8.73. The number of carboxylic acid groups (broad SMARTS) is 1. The number of hydrogen-bond donors (Lipinski definition) is 3. The van der Waals surface area contributed by atoms with E-state index in [1.807, 2.05) is 11.6 Å². The lowest BCUT2D eigenvalue weighted by molar-refractivity contribution is -0.138. The van der Waals surface area contributed by atoms with Gasteiger partial charge in [-0.1, -0.05) is 13.3 Å². The number of anilines is 1. The molecule has 8 nitrogen and oxygen atoms in total. The van der Waals surface area contributed by atoms with Crippen LogP contribution in [0.25, 0.3) is 0 Å². The van der Waals surface area contributed by atoms with E-state index in [0.29, 0.717) is 6.42 Å². The fourth-order valence-corrected chi connectivity index (χ4v) is 4.08. The molecule has 1 rings (SSSR count). The number of sulfonamides is 2. The Balaban J connectivity index is 2.86. The molecule has 1 aromatic carbocycles. The van der Waals surface area contributed by atoms with Gasteiger partial charge >= 0.3 is 5.97 Å². The molecular formula is C13H20N2O6S2. The molecule has 10 heteroatoms. The Hall–Kier alpha value is -1.65. The summed E-state index contributed by atoms with van der Waals surface area (Å²) in [6.45, 7) is 3.08.